The first kappa shape index (κ1) is 40.8. The van der Waals surface area contributed by atoms with Crippen molar-refractivity contribution in [2.45, 2.75) is 94.5 Å². The lowest BCUT2D eigenvalue weighted by Crippen LogP contribution is -2.55. The molecule has 5 heterocycles. The average molecular weight is 850 g/mol. The number of likely N-dealkylation sites (tertiary alicyclic amines) is 1. The fourth-order valence-electron chi connectivity index (χ4n) is 10.3. The number of hydrogen-bond donors (Lipinski definition) is 2. The Kier molecular flexibility index (Phi) is 11.0. The molecule has 1 atom stereocenters. The molecule has 3 aromatic carbocycles. The van der Waals surface area contributed by atoms with Crippen molar-refractivity contribution in [1.82, 2.24) is 19.6 Å². The maximum atomic E-state index is 16.3. The van der Waals surface area contributed by atoms with Gasteiger partial charge >= 0.3 is 0 Å². The second-order valence-electron chi connectivity index (χ2n) is 17.6. The summed E-state index contributed by atoms with van der Waals surface area (Å²) < 4.78 is 51.9. The third-order valence-electron chi connectivity index (χ3n) is 13.5. The number of aromatic amines is 1. The molecule has 320 valence electrons. The van der Waals surface area contributed by atoms with Gasteiger partial charge in [0.05, 0.1) is 27.3 Å². The van der Waals surface area contributed by atoms with Gasteiger partial charge in [0.1, 0.15) is 28.7 Å². The average Bonchev–Trinajstić information content (AvgIpc) is 3.93. The Bertz CT molecular complexity index is 2580. The van der Waals surface area contributed by atoms with Gasteiger partial charge in [0.25, 0.3) is 21.6 Å². The number of fused-ring (bicyclic) bond motifs is 1. The highest BCUT2D eigenvalue weighted by atomic mass is 32.2. The van der Waals surface area contributed by atoms with Gasteiger partial charge in [-0.25, -0.2) is 22.5 Å². The van der Waals surface area contributed by atoms with E-state index >= 15 is 4.39 Å². The van der Waals surface area contributed by atoms with Crippen LogP contribution in [-0.4, -0.2) is 72.9 Å². The van der Waals surface area contributed by atoms with Gasteiger partial charge in [0.15, 0.2) is 0 Å². The lowest BCUT2D eigenvalue weighted by atomic mass is 9.59. The summed E-state index contributed by atoms with van der Waals surface area (Å²) in [5, 5.41) is 12.9. The molecule has 2 N–H and O–H groups in total. The normalized spacial score (nSPS) is 19.7. The zero-order chi connectivity index (χ0) is 42.5. The summed E-state index contributed by atoms with van der Waals surface area (Å²) in [5.41, 5.74) is 3.55. The van der Waals surface area contributed by atoms with E-state index in [1.807, 2.05) is 20.6 Å². The highest BCUT2D eigenvalue weighted by Crippen LogP contribution is 2.54. The van der Waals surface area contributed by atoms with Gasteiger partial charge in [0.2, 0.25) is 0 Å². The Morgan fingerprint density at radius 3 is 2.46 bits per heavy atom. The fraction of sp³-hybridized carbons (Fsp3) is 0.435. The van der Waals surface area contributed by atoms with Crippen LogP contribution in [0.4, 0.5) is 21.5 Å². The molecule has 61 heavy (non-hydrogen) atoms. The molecule has 0 radical (unpaired) electrons. The number of nitrogens with zero attached hydrogens (tertiary/aromatic N) is 5. The van der Waals surface area contributed by atoms with Crippen LogP contribution in [-0.2, 0) is 10.0 Å². The molecule has 9 rings (SSSR count). The molecule has 4 fully saturated rings. The number of carbonyl (C=O) groups excluding carboxylic acids is 1. The van der Waals surface area contributed by atoms with Crippen LogP contribution < -0.4 is 19.3 Å². The van der Waals surface area contributed by atoms with Gasteiger partial charge in [-0.3, -0.25) is 19.8 Å². The number of benzene rings is 3. The second kappa shape index (κ2) is 16.4. The van der Waals surface area contributed by atoms with Gasteiger partial charge in [-0.1, -0.05) is 38.1 Å². The van der Waals surface area contributed by atoms with E-state index in [0.29, 0.717) is 55.5 Å². The number of H-pyrrole nitrogens is 1. The van der Waals surface area contributed by atoms with Gasteiger partial charge in [-0.2, -0.15) is 0 Å². The number of aromatic nitrogens is 2. The quantitative estimate of drug-likeness (QED) is 0.0972. The second-order valence-corrected chi connectivity index (χ2v) is 19.3. The molecule has 15 heteroatoms. The van der Waals surface area contributed by atoms with E-state index in [0.717, 1.165) is 69.0 Å². The van der Waals surface area contributed by atoms with Crippen molar-refractivity contribution >= 4 is 44.0 Å². The minimum Gasteiger partial charge on any atom is -0.455 e. The summed E-state index contributed by atoms with van der Waals surface area (Å²) in [6.45, 7) is 8.11. The zero-order valence-electron chi connectivity index (χ0n) is 34.6. The van der Waals surface area contributed by atoms with Crippen LogP contribution in [0.3, 0.4) is 0 Å². The van der Waals surface area contributed by atoms with E-state index in [1.54, 1.807) is 12.3 Å². The number of nitro benzene ring substituents is 1. The minimum atomic E-state index is -4.64. The molecular formula is C46H52FN7O6S. The molecule has 1 spiro atoms. The number of rotatable bonds is 11. The number of piperidine rings is 2. The Labute approximate surface area is 355 Å². The Morgan fingerprint density at radius 1 is 0.951 bits per heavy atom. The van der Waals surface area contributed by atoms with Gasteiger partial charge in [0, 0.05) is 62.0 Å². The summed E-state index contributed by atoms with van der Waals surface area (Å²) in [6.07, 6.45) is 12.4. The van der Waals surface area contributed by atoms with Crippen molar-refractivity contribution in [2.24, 2.45) is 5.41 Å². The Hall–Kier alpha value is -5.54. The molecule has 3 aliphatic heterocycles. The number of nitrogens with one attached hydrogen (secondary N) is 2. The van der Waals surface area contributed by atoms with Crippen molar-refractivity contribution in [1.29, 1.82) is 0 Å². The van der Waals surface area contributed by atoms with Crippen LogP contribution in [0.1, 0.15) is 105 Å². The molecule has 0 bridgehead atoms. The number of carbonyl (C=O) groups is 1. The van der Waals surface area contributed by atoms with E-state index < -0.39 is 31.6 Å². The number of pyridine rings is 1. The van der Waals surface area contributed by atoms with Crippen molar-refractivity contribution < 1.29 is 27.3 Å². The molecule has 1 aliphatic carbocycles. The van der Waals surface area contributed by atoms with Crippen molar-refractivity contribution in [3.8, 4) is 11.5 Å². The first-order chi connectivity index (χ1) is 29.4. The highest BCUT2D eigenvalue weighted by molar-refractivity contribution is 7.90. The van der Waals surface area contributed by atoms with E-state index in [4.69, 9.17) is 4.74 Å². The van der Waals surface area contributed by atoms with Crippen LogP contribution in [0.25, 0.3) is 11.0 Å². The molecule has 1 saturated carbocycles. The minimum absolute atomic E-state index is 0.0574. The number of ether oxygens (including phenoxy) is 1. The van der Waals surface area contributed by atoms with E-state index in [9.17, 15) is 23.3 Å². The molecule has 3 saturated heterocycles. The molecule has 1 unspecified atom stereocenters. The Balaban J connectivity index is 0.939. The van der Waals surface area contributed by atoms with Gasteiger partial charge in [-0.05, 0) is 117 Å². The molecular weight excluding hydrogens is 798 g/mol. The first-order valence-corrected chi connectivity index (χ1v) is 23.0. The number of amides is 1. The summed E-state index contributed by atoms with van der Waals surface area (Å²) in [5.74, 6) is -1.16. The summed E-state index contributed by atoms with van der Waals surface area (Å²) >= 11 is 0. The topological polar surface area (TPSA) is 154 Å². The lowest BCUT2D eigenvalue weighted by molar-refractivity contribution is -0.384. The van der Waals surface area contributed by atoms with Crippen LogP contribution >= 0.6 is 0 Å². The van der Waals surface area contributed by atoms with Crippen LogP contribution in [0.2, 0.25) is 0 Å². The molecule has 2 aromatic heterocycles. The summed E-state index contributed by atoms with van der Waals surface area (Å²) in [4.78, 5) is 38.9. The monoisotopic (exact) mass is 849 g/mol. The zero-order valence-corrected chi connectivity index (χ0v) is 35.4. The molecule has 1 amide bonds. The third-order valence-corrected chi connectivity index (χ3v) is 14.8. The SMILES string of the molecule is CC(C)c1ccccc1C1CCCN1C1CC2(CCN(c3cc(Oc4cnc5[nH]ccc5c4)c(C(=O)NS(=O)(=O)c4ccc(N5CCCCC5)c([N+](=O)[O-])c4)cc3F)CC2)C1. The van der Waals surface area contributed by atoms with Crippen molar-refractivity contribution in [3.63, 3.8) is 0 Å². The fourth-order valence-corrected chi connectivity index (χ4v) is 11.3. The standard InChI is InChI=1S/C46H52FN7O6S/c1-30(2)35-9-4-5-10-36(35)39-11-8-20-53(39)32-27-46(28-32)15-21-52(22-16-46)41-26-43(60-33-23-31-14-17-48-44(31)49-29-33)37(25-38(41)47)45(55)50-61(58,59)34-12-13-40(42(24-34)54(56)57)51-18-6-3-7-19-51/h4-5,9-10,12-14,17,23-26,29-30,32,39H,3,6-8,11,15-16,18-22,27-28H2,1-2H3,(H,48,49)(H,50,55). The van der Waals surface area contributed by atoms with E-state index in [2.05, 4.69) is 53.0 Å². The van der Waals surface area contributed by atoms with E-state index in [-0.39, 0.29) is 33.9 Å². The predicted molar refractivity (Wildman–Crippen MR) is 232 cm³/mol. The van der Waals surface area contributed by atoms with Crippen LogP contribution in [0.5, 0.6) is 11.5 Å². The predicted octanol–water partition coefficient (Wildman–Crippen LogP) is 9.22. The van der Waals surface area contributed by atoms with Crippen molar-refractivity contribution in [2.75, 3.05) is 42.5 Å². The maximum absolute atomic E-state index is 16.3. The molecule has 13 nitrogen and oxygen atoms in total. The van der Waals surface area contributed by atoms with Crippen LogP contribution in [0, 0.1) is 21.3 Å². The number of hydrogen-bond acceptors (Lipinski definition) is 10. The van der Waals surface area contributed by atoms with Gasteiger partial charge < -0.3 is 19.5 Å². The lowest BCUT2D eigenvalue weighted by Gasteiger charge is -2.56. The smallest absolute Gasteiger partial charge is 0.293 e. The summed E-state index contributed by atoms with van der Waals surface area (Å²) in [7, 11) is -4.64. The van der Waals surface area contributed by atoms with Crippen molar-refractivity contribution in [3.05, 3.63) is 112 Å². The largest absolute Gasteiger partial charge is 0.455 e. The maximum Gasteiger partial charge on any atom is 0.293 e. The summed E-state index contributed by atoms with van der Waals surface area (Å²) in [6, 6.07) is 19.4. The number of sulfonamides is 1. The Morgan fingerprint density at radius 2 is 1.70 bits per heavy atom. The van der Waals surface area contributed by atoms with Crippen LogP contribution in [0.15, 0.2) is 84.0 Å². The van der Waals surface area contributed by atoms with E-state index in [1.165, 1.54) is 48.4 Å². The highest BCUT2D eigenvalue weighted by Gasteiger charge is 2.50. The number of nitro groups is 1. The molecule has 5 aromatic rings. The first-order valence-electron chi connectivity index (χ1n) is 21.5. The number of anilines is 2. The molecule has 4 aliphatic rings. The number of halogens is 1. The van der Waals surface area contributed by atoms with Gasteiger partial charge in [-0.15, -0.1) is 0 Å². The third kappa shape index (κ3) is 8.05.